The summed E-state index contributed by atoms with van der Waals surface area (Å²) in [5, 5.41) is 7.17. The minimum Gasteiger partial charge on any atom is -0.350 e. The van der Waals surface area contributed by atoms with Gasteiger partial charge in [-0.2, -0.15) is 5.10 Å². The fourth-order valence-electron chi connectivity index (χ4n) is 3.51. The molecule has 29 heavy (non-hydrogen) atoms. The number of aromatic nitrogens is 3. The van der Waals surface area contributed by atoms with Crippen LogP contribution in [0.1, 0.15) is 35.7 Å². The van der Waals surface area contributed by atoms with Gasteiger partial charge < -0.3 is 5.32 Å². The van der Waals surface area contributed by atoms with E-state index >= 15 is 0 Å². The van der Waals surface area contributed by atoms with Gasteiger partial charge in [-0.3, -0.25) is 9.36 Å². The largest absolute Gasteiger partial charge is 0.350 e. The number of piperidine rings is 1. The highest BCUT2D eigenvalue weighted by Crippen LogP contribution is 2.26. The molecule has 0 bridgehead atoms. The van der Waals surface area contributed by atoms with Gasteiger partial charge in [0.25, 0.3) is 0 Å². The lowest BCUT2D eigenvalue weighted by Crippen LogP contribution is -2.37. The van der Waals surface area contributed by atoms with Crippen molar-refractivity contribution >= 4 is 15.9 Å². The maximum Gasteiger partial charge on any atom is 0.346 e. The first-order chi connectivity index (χ1) is 13.6. The summed E-state index contributed by atoms with van der Waals surface area (Å²) in [5.41, 5.74) is 1.78. The molecule has 2 aromatic rings. The molecule has 0 spiro atoms. The van der Waals surface area contributed by atoms with Crippen LogP contribution in [0, 0.1) is 6.92 Å². The van der Waals surface area contributed by atoms with Crippen LogP contribution in [0.3, 0.4) is 0 Å². The van der Waals surface area contributed by atoms with Crippen LogP contribution >= 0.6 is 0 Å². The van der Waals surface area contributed by atoms with Crippen molar-refractivity contribution < 1.29 is 13.2 Å². The second-order valence-corrected chi connectivity index (χ2v) is 9.54. The molecule has 158 valence electrons. The Morgan fingerprint density at radius 3 is 2.41 bits per heavy atom. The van der Waals surface area contributed by atoms with Crippen molar-refractivity contribution in [2.75, 3.05) is 19.3 Å². The zero-order valence-electron chi connectivity index (χ0n) is 17.0. The molecule has 2 heterocycles. The van der Waals surface area contributed by atoms with E-state index in [0.717, 1.165) is 11.1 Å². The SMILES string of the molecule is Cc1ccc(CNC(=O)Cn2nc(C3CCN(S(C)(=O)=O)CC3)n(C)c2=O)cc1. The van der Waals surface area contributed by atoms with Crippen molar-refractivity contribution in [1.29, 1.82) is 0 Å². The minimum absolute atomic E-state index is 0.0115. The van der Waals surface area contributed by atoms with E-state index < -0.39 is 10.0 Å². The molecule has 0 aliphatic carbocycles. The summed E-state index contributed by atoms with van der Waals surface area (Å²) in [4.78, 5) is 24.7. The van der Waals surface area contributed by atoms with Crippen molar-refractivity contribution in [3.63, 3.8) is 0 Å². The van der Waals surface area contributed by atoms with Gasteiger partial charge in [-0.15, -0.1) is 0 Å². The van der Waals surface area contributed by atoms with Crippen molar-refractivity contribution in [1.82, 2.24) is 24.0 Å². The van der Waals surface area contributed by atoms with Crippen molar-refractivity contribution in [2.45, 2.75) is 38.8 Å². The van der Waals surface area contributed by atoms with Gasteiger partial charge in [0.15, 0.2) is 0 Å². The summed E-state index contributed by atoms with van der Waals surface area (Å²) in [6.07, 6.45) is 2.39. The summed E-state index contributed by atoms with van der Waals surface area (Å²) in [7, 11) is -1.57. The van der Waals surface area contributed by atoms with Gasteiger partial charge in [0.05, 0.1) is 6.26 Å². The van der Waals surface area contributed by atoms with Crippen LogP contribution in [0.5, 0.6) is 0 Å². The molecule has 1 saturated heterocycles. The van der Waals surface area contributed by atoms with Gasteiger partial charge in [-0.05, 0) is 25.3 Å². The molecule has 1 N–H and O–H groups in total. The highest BCUT2D eigenvalue weighted by Gasteiger charge is 2.29. The third-order valence-corrected chi connectivity index (χ3v) is 6.57. The van der Waals surface area contributed by atoms with E-state index in [1.165, 1.54) is 19.8 Å². The molecule has 3 rings (SSSR count). The second kappa shape index (κ2) is 8.50. The fourth-order valence-corrected chi connectivity index (χ4v) is 4.38. The quantitative estimate of drug-likeness (QED) is 0.724. The third kappa shape index (κ3) is 5.13. The number of rotatable bonds is 6. The monoisotopic (exact) mass is 421 g/mol. The fraction of sp³-hybridized carbons (Fsp3) is 0.526. The van der Waals surface area contributed by atoms with Crippen LogP contribution in [0.4, 0.5) is 0 Å². The smallest absolute Gasteiger partial charge is 0.346 e. The number of benzene rings is 1. The molecule has 1 aromatic heterocycles. The zero-order chi connectivity index (χ0) is 21.2. The number of nitrogens with one attached hydrogen (secondary N) is 1. The molecule has 0 atom stereocenters. The highest BCUT2D eigenvalue weighted by atomic mass is 32.2. The predicted molar refractivity (Wildman–Crippen MR) is 109 cm³/mol. The van der Waals surface area contributed by atoms with Gasteiger partial charge in [0, 0.05) is 32.6 Å². The number of sulfonamides is 1. The first-order valence-corrected chi connectivity index (χ1v) is 11.4. The average molecular weight is 422 g/mol. The van der Waals surface area contributed by atoms with Crippen molar-refractivity contribution in [2.24, 2.45) is 7.05 Å². The standard InChI is InChI=1S/C19H27N5O4S/c1-14-4-6-15(7-5-14)12-20-17(25)13-24-19(26)22(2)18(21-24)16-8-10-23(11-9-16)29(3,27)28/h4-7,16H,8-13H2,1-3H3,(H,20,25). The average Bonchev–Trinajstić information content (AvgIpc) is 2.95. The number of carbonyl (C=O) groups is 1. The van der Waals surface area contributed by atoms with Crippen LogP contribution in [-0.2, 0) is 35.0 Å². The maximum atomic E-state index is 12.5. The number of hydrogen-bond acceptors (Lipinski definition) is 5. The van der Waals surface area contributed by atoms with Gasteiger partial charge in [-0.25, -0.2) is 22.2 Å². The van der Waals surface area contributed by atoms with Crippen LogP contribution in [0.2, 0.25) is 0 Å². The Bertz CT molecular complexity index is 1030. The Morgan fingerprint density at radius 2 is 1.83 bits per heavy atom. The third-order valence-electron chi connectivity index (χ3n) is 5.27. The van der Waals surface area contributed by atoms with Gasteiger partial charge in [-0.1, -0.05) is 29.8 Å². The number of aryl methyl sites for hydroxylation is 1. The summed E-state index contributed by atoms with van der Waals surface area (Å²) < 4.78 is 27.4. The summed E-state index contributed by atoms with van der Waals surface area (Å²) >= 11 is 0. The molecule has 1 aromatic carbocycles. The Balaban J connectivity index is 1.62. The lowest BCUT2D eigenvalue weighted by Gasteiger charge is -2.29. The van der Waals surface area contributed by atoms with Crippen LogP contribution in [0.15, 0.2) is 29.1 Å². The van der Waals surface area contributed by atoms with Crippen LogP contribution < -0.4 is 11.0 Å². The molecule has 0 radical (unpaired) electrons. The predicted octanol–water partition coefficient (Wildman–Crippen LogP) is 0.346. The first-order valence-electron chi connectivity index (χ1n) is 9.56. The van der Waals surface area contributed by atoms with E-state index in [2.05, 4.69) is 10.4 Å². The van der Waals surface area contributed by atoms with Crippen LogP contribution in [0.25, 0.3) is 0 Å². The van der Waals surface area contributed by atoms with Gasteiger partial charge >= 0.3 is 5.69 Å². The molecule has 1 aliphatic heterocycles. The molecule has 0 saturated carbocycles. The molecular weight excluding hydrogens is 394 g/mol. The van der Waals surface area contributed by atoms with Crippen molar-refractivity contribution in [3.8, 4) is 0 Å². The van der Waals surface area contributed by atoms with E-state index in [0.29, 0.717) is 38.3 Å². The van der Waals surface area contributed by atoms with E-state index in [1.54, 1.807) is 7.05 Å². The zero-order valence-corrected chi connectivity index (χ0v) is 17.8. The van der Waals surface area contributed by atoms with Crippen molar-refractivity contribution in [3.05, 3.63) is 51.7 Å². The Morgan fingerprint density at radius 1 is 1.21 bits per heavy atom. The van der Waals surface area contributed by atoms with Crippen LogP contribution in [-0.4, -0.2) is 52.3 Å². The Kier molecular flexibility index (Phi) is 6.23. The van der Waals surface area contributed by atoms with E-state index in [9.17, 15) is 18.0 Å². The van der Waals surface area contributed by atoms with Gasteiger partial charge in [0.1, 0.15) is 12.4 Å². The molecule has 0 unspecified atom stereocenters. The summed E-state index contributed by atoms with van der Waals surface area (Å²) in [6, 6.07) is 7.85. The normalized spacial score (nSPS) is 16.1. The molecule has 1 amide bonds. The molecule has 1 aliphatic rings. The van der Waals surface area contributed by atoms with E-state index in [4.69, 9.17) is 0 Å². The van der Waals surface area contributed by atoms with Gasteiger partial charge in [0.2, 0.25) is 15.9 Å². The molecule has 1 fully saturated rings. The number of carbonyl (C=O) groups excluding carboxylic acids is 1. The Labute approximate surface area is 170 Å². The topological polar surface area (TPSA) is 106 Å². The second-order valence-electron chi connectivity index (χ2n) is 7.56. The minimum atomic E-state index is -3.21. The summed E-state index contributed by atoms with van der Waals surface area (Å²) in [6.45, 7) is 3.04. The van der Waals surface area contributed by atoms with E-state index in [1.807, 2.05) is 31.2 Å². The highest BCUT2D eigenvalue weighted by molar-refractivity contribution is 7.88. The maximum absolute atomic E-state index is 12.5. The lowest BCUT2D eigenvalue weighted by molar-refractivity contribution is -0.122. The molecular formula is C19H27N5O4S. The van der Waals surface area contributed by atoms with E-state index in [-0.39, 0.29) is 24.1 Å². The molecule has 10 heteroatoms. The number of amides is 1. The first kappa shape index (κ1) is 21.3. The number of nitrogens with zero attached hydrogens (tertiary/aromatic N) is 4. The summed E-state index contributed by atoms with van der Waals surface area (Å²) in [5.74, 6) is 0.293. The number of hydrogen-bond donors (Lipinski definition) is 1. The Hall–Kier alpha value is -2.46. The molecule has 9 nitrogen and oxygen atoms in total. The lowest BCUT2D eigenvalue weighted by atomic mass is 9.97.